The lowest BCUT2D eigenvalue weighted by atomic mass is 10.2. The van der Waals surface area contributed by atoms with Gasteiger partial charge >= 0.3 is 0 Å². The molecule has 20 heavy (non-hydrogen) atoms. The van der Waals surface area contributed by atoms with Gasteiger partial charge in [-0.2, -0.15) is 0 Å². The highest BCUT2D eigenvalue weighted by Gasteiger charge is 2.16. The van der Waals surface area contributed by atoms with Crippen LogP contribution >= 0.6 is 46.4 Å². The van der Waals surface area contributed by atoms with Crippen LogP contribution in [0.4, 0.5) is 5.69 Å². The first-order valence-electron chi connectivity index (χ1n) is 5.21. The Morgan fingerprint density at radius 1 is 1.05 bits per heavy atom. The number of aromatic nitrogens is 3. The highest BCUT2D eigenvalue weighted by atomic mass is 35.5. The van der Waals surface area contributed by atoms with Gasteiger partial charge < -0.3 is 5.32 Å². The van der Waals surface area contributed by atoms with Gasteiger partial charge in [0.05, 0.1) is 11.3 Å². The second-order valence-electron chi connectivity index (χ2n) is 3.75. The molecule has 0 aliphatic rings. The van der Waals surface area contributed by atoms with Crippen LogP contribution in [0, 0.1) is 6.92 Å². The second kappa shape index (κ2) is 6.10. The summed E-state index contributed by atoms with van der Waals surface area (Å²) in [6.07, 6.45) is 0. The zero-order valence-electron chi connectivity index (χ0n) is 9.92. The largest absolute Gasteiger partial charge is 0.319 e. The maximum Gasteiger partial charge on any atom is 0.259 e. The molecule has 0 aromatic carbocycles. The molecule has 0 unspecified atom stereocenters. The highest BCUT2D eigenvalue weighted by molar-refractivity contribution is 6.36. The van der Waals surface area contributed by atoms with E-state index in [1.807, 2.05) is 0 Å². The van der Waals surface area contributed by atoms with Gasteiger partial charge in [-0.05, 0) is 24.6 Å². The van der Waals surface area contributed by atoms with Gasteiger partial charge in [-0.25, -0.2) is 4.98 Å². The summed E-state index contributed by atoms with van der Waals surface area (Å²) in [5.74, 6) is -0.527. The summed E-state index contributed by atoms with van der Waals surface area (Å²) in [4.78, 5) is 16.0. The minimum Gasteiger partial charge on any atom is -0.319 e. The van der Waals surface area contributed by atoms with Crippen LogP contribution < -0.4 is 5.32 Å². The van der Waals surface area contributed by atoms with Gasteiger partial charge in [0.1, 0.15) is 5.15 Å². The quantitative estimate of drug-likeness (QED) is 0.829. The number of pyridine rings is 1. The van der Waals surface area contributed by atoms with Crippen LogP contribution in [-0.2, 0) is 0 Å². The monoisotopic (exact) mass is 350 g/mol. The standard InChI is InChI=1S/C11H6Cl4N4O/c1-4-2-6(12)16-10(15)8(4)17-11(20)5-3-7(13)18-19-9(5)14/h2-3H,1H3,(H,17,20). The summed E-state index contributed by atoms with van der Waals surface area (Å²) >= 11 is 23.2. The predicted molar refractivity (Wildman–Crippen MR) is 79.0 cm³/mol. The Hall–Kier alpha value is -1.14. The Morgan fingerprint density at radius 2 is 1.75 bits per heavy atom. The molecule has 2 rings (SSSR count). The molecule has 0 fully saturated rings. The number of hydrogen-bond donors (Lipinski definition) is 1. The van der Waals surface area contributed by atoms with Crippen LogP contribution in [0.3, 0.4) is 0 Å². The van der Waals surface area contributed by atoms with Gasteiger partial charge in [-0.15, -0.1) is 10.2 Å². The SMILES string of the molecule is Cc1cc(Cl)nc(Cl)c1NC(=O)c1cc(Cl)nnc1Cl. The van der Waals surface area contributed by atoms with E-state index >= 15 is 0 Å². The number of anilines is 1. The van der Waals surface area contributed by atoms with E-state index < -0.39 is 5.91 Å². The number of rotatable bonds is 2. The molecule has 2 aromatic heterocycles. The van der Waals surface area contributed by atoms with E-state index in [4.69, 9.17) is 46.4 Å². The van der Waals surface area contributed by atoms with Crippen LogP contribution in [-0.4, -0.2) is 21.1 Å². The summed E-state index contributed by atoms with van der Waals surface area (Å²) < 4.78 is 0. The third kappa shape index (κ3) is 3.30. The summed E-state index contributed by atoms with van der Waals surface area (Å²) in [6.45, 7) is 1.73. The minimum absolute atomic E-state index is 0.0524. The van der Waals surface area contributed by atoms with Gasteiger partial charge in [-0.1, -0.05) is 46.4 Å². The zero-order valence-corrected chi connectivity index (χ0v) is 12.9. The molecule has 0 radical (unpaired) electrons. The Bertz CT molecular complexity index is 669. The topological polar surface area (TPSA) is 67.8 Å². The molecule has 1 amide bonds. The second-order valence-corrected chi connectivity index (χ2v) is 5.24. The predicted octanol–water partition coefficient (Wildman–Crippen LogP) is 4.05. The molecular weight excluding hydrogens is 346 g/mol. The lowest BCUT2D eigenvalue weighted by molar-refractivity contribution is 0.102. The van der Waals surface area contributed by atoms with Crippen molar-refractivity contribution >= 4 is 58.0 Å². The van der Waals surface area contributed by atoms with Gasteiger partial charge in [0.25, 0.3) is 5.91 Å². The average Bonchev–Trinajstić information content (AvgIpc) is 2.36. The number of amides is 1. The average molecular weight is 352 g/mol. The number of nitrogens with zero attached hydrogens (tertiary/aromatic N) is 3. The number of hydrogen-bond acceptors (Lipinski definition) is 4. The van der Waals surface area contributed by atoms with E-state index in [1.54, 1.807) is 13.0 Å². The van der Waals surface area contributed by atoms with Gasteiger partial charge in [-0.3, -0.25) is 4.79 Å². The third-order valence-corrected chi connectivity index (χ3v) is 3.27. The van der Waals surface area contributed by atoms with Gasteiger partial charge in [0, 0.05) is 0 Å². The van der Waals surface area contributed by atoms with Crippen molar-refractivity contribution in [2.75, 3.05) is 5.32 Å². The van der Waals surface area contributed by atoms with Crippen molar-refractivity contribution in [2.45, 2.75) is 6.92 Å². The minimum atomic E-state index is -0.527. The summed E-state index contributed by atoms with van der Waals surface area (Å²) in [6, 6.07) is 2.88. The fourth-order valence-corrected chi connectivity index (χ4v) is 2.34. The van der Waals surface area contributed by atoms with Crippen LogP contribution in [0.1, 0.15) is 15.9 Å². The van der Waals surface area contributed by atoms with Crippen molar-refractivity contribution in [2.24, 2.45) is 0 Å². The van der Waals surface area contributed by atoms with Crippen LogP contribution in [0.25, 0.3) is 0 Å². The first-order valence-corrected chi connectivity index (χ1v) is 6.72. The number of halogens is 4. The maximum atomic E-state index is 12.1. The zero-order chi connectivity index (χ0) is 14.9. The van der Waals surface area contributed by atoms with Crippen molar-refractivity contribution in [1.29, 1.82) is 0 Å². The molecule has 5 nitrogen and oxygen atoms in total. The molecule has 0 spiro atoms. The van der Waals surface area contributed by atoms with Crippen molar-refractivity contribution in [3.05, 3.63) is 43.9 Å². The molecule has 2 aromatic rings. The molecule has 104 valence electrons. The van der Waals surface area contributed by atoms with E-state index in [-0.39, 0.29) is 26.2 Å². The summed E-state index contributed by atoms with van der Waals surface area (Å²) in [5, 5.41) is 9.96. The smallest absolute Gasteiger partial charge is 0.259 e. The van der Waals surface area contributed by atoms with E-state index in [9.17, 15) is 4.79 Å². The Morgan fingerprint density at radius 3 is 2.40 bits per heavy atom. The Balaban J connectivity index is 2.35. The Labute approximate surface area is 134 Å². The maximum absolute atomic E-state index is 12.1. The first kappa shape index (κ1) is 15.3. The molecule has 0 saturated carbocycles. The van der Waals surface area contributed by atoms with Gasteiger partial charge in [0.2, 0.25) is 0 Å². The summed E-state index contributed by atoms with van der Waals surface area (Å²) in [7, 11) is 0. The van der Waals surface area contributed by atoms with E-state index in [1.165, 1.54) is 6.07 Å². The molecule has 1 N–H and O–H groups in total. The van der Waals surface area contributed by atoms with Crippen LogP contribution in [0.15, 0.2) is 12.1 Å². The van der Waals surface area contributed by atoms with Crippen molar-refractivity contribution < 1.29 is 4.79 Å². The lowest BCUT2D eigenvalue weighted by Crippen LogP contribution is -2.15. The fourth-order valence-electron chi connectivity index (χ4n) is 1.44. The van der Waals surface area contributed by atoms with Crippen LogP contribution in [0.2, 0.25) is 20.6 Å². The molecule has 0 bridgehead atoms. The number of nitrogens with one attached hydrogen (secondary N) is 1. The van der Waals surface area contributed by atoms with E-state index in [2.05, 4.69) is 20.5 Å². The van der Waals surface area contributed by atoms with Crippen molar-refractivity contribution in [3.8, 4) is 0 Å². The number of aryl methyl sites for hydroxylation is 1. The number of carbonyl (C=O) groups is 1. The van der Waals surface area contributed by atoms with Crippen LogP contribution in [0.5, 0.6) is 0 Å². The van der Waals surface area contributed by atoms with Gasteiger partial charge in [0.15, 0.2) is 15.5 Å². The molecule has 0 aliphatic carbocycles. The normalized spacial score (nSPS) is 10.4. The lowest BCUT2D eigenvalue weighted by Gasteiger charge is -2.10. The molecule has 2 heterocycles. The first-order chi connectivity index (χ1) is 9.38. The molecule has 9 heteroatoms. The Kier molecular flexibility index (Phi) is 4.65. The van der Waals surface area contributed by atoms with E-state index in [0.29, 0.717) is 11.3 Å². The number of carbonyl (C=O) groups excluding carboxylic acids is 1. The highest BCUT2D eigenvalue weighted by Crippen LogP contribution is 2.27. The van der Waals surface area contributed by atoms with Crippen molar-refractivity contribution in [3.63, 3.8) is 0 Å². The van der Waals surface area contributed by atoms with Crippen molar-refractivity contribution in [1.82, 2.24) is 15.2 Å². The molecule has 0 aliphatic heterocycles. The fraction of sp³-hybridized carbons (Fsp3) is 0.0909. The summed E-state index contributed by atoms with van der Waals surface area (Å²) in [5.41, 5.74) is 1.08. The van der Waals surface area contributed by atoms with E-state index in [0.717, 1.165) is 0 Å². The molecule has 0 atom stereocenters. The molecular formula is C11H6Cl4N4O. The third-order valence-electron chi connectivity index (χ3n) is 2.34. The molecule has 0 saturated heterocycles.